The molecule has 3 aromatic rings. The van der Waals surface area contributed by atoms with Gasteiger partial charge in [-0.1, -0.05) is 48.5 Å². The Kier molecular flexibility index (Phi) is 4.20. The van der Waals surface area contributed by atoms with Crippen LogP contribution in [0.2, 0.25) is 0 Å². The Morgan fingerprint density at radius 2 is 1.71 bits per heavy atom. The van der Waals surface area contributed by atoms with Gasteiger partial charge in [-0.25, -0.2) is 14.2 Å². The van der Waals surface area contributed by atoms with Gasteiger partial charge < -0.3 is 15.2 Å². The third-order valence-corrected chi connectivity index (χ3v) is 3.68. The van der Waals surface area contributed by atoms with Crippen LogP contribution >= 0.6 is 0 Å². The van der Waals surface area contributed by atoms with Gasteiger partial charge >= 0.3 is 12.1 Å². The minimum Gasteiger partial charge on any atom is -0.464 e. The summed E-state index contributed by atoms with van der Waals surface area (Å²) in [5.74, 6) is -0.694. The lowest BCUT2D eigenvalue weighted by Crippen LogP contribution is -2.20. The highest BCUT2D eigenvalue weighted by Crippen LogP contribution is 2.29. The molecule has 1 heterocycles. The quantitative estimate of drug-likeness (QED) is 0.748. The summed E-state index contributed by atoms with van der Waals surface area (Å²) in [5, 5.41) is 0.592. The third kappa shape index (κ3) is 2.69. The third-order valence-electron chi connectivity index (χ3n) is 3.68. The summed E-state index contributed by atoms with van der Waals surface area (Å²) in [4.78, 5) is 24.6. The largest absolute Gasteiger partial charge is 0.464 e. The number of anilines is 1. The number of hydrogen-bond donors (Lipinski definition) is 1. The zero-order valence-corrected chi connectivity index (χ0v) is 13.1. The molecule has 2 aromatic carbocycles. The van der Waals surface area contributed by atoms with E-state index in [9.17, 15) is 9.59 Å². The second kappa shape index (κ2) is 6.45. The van der Waals surface area contributed by atoms with Gasteiger partial charge in [-0.3, -0.25) is 0 Å². The highest BCUT2D eigenvalue weighted by molar-refractivity contribution is 6.10. The number of fused-ring (bicyclic) bond motifs is 1. The number of nitrogen functional groups attached to an aromatic ring is 1. The molecule has 0 saturated heterocycles. The van der Waals surface area contributed by atoms with Crippen LogP contribution in [-0.4, -0.2) is 23.7 Å². The average Bonchev–Trinajstić information content (AvgIpc) is 2.93. The monoisotopic (exact) mass is 324 g/mol. The molecule has 0 radical (unpaired) electrons. The van der Waals surface area contributed by atoms with E-state index in [1.165, 1.54) is 7.11 Å². The van der Waals surface area contributed by atoms with Crippen molar-refractivity contribution in [1.82, 2.24) is 4.57 Å². The van der Waals surface area contributed by atoms with Crippen molar-refractivity contribution in [2.24, 2.45) is 0 Å². The van der Waals surface area contributed by atoms with Crippen LogP contribution in [0.3, 0.4) is 0 Å². The van der Waals surface area contributed by atoms with Crippen molar-refractivity contribution in [3.63, 3.8) is 0 Å². The molecule has 1 aromatic heterocycles. The topological polar surface area (TPSA) is 83.5 Å². The smallest absolute Gasteiger partial charge is 0.419 e. The number of methoxy groups -OCH3 is 1. The molecule has 6 heteroatoms. The van der Waals surface area contributed by atoms with Crippen LogP contribution in [0.25, 0.3) is 10.9 Å². The number of hydrogen-bond acceptors (Lipinski definition) is 5. The van der Waals surface area contributed by atoms with Crippen molar-refractivity contribution in [2.75, 3.05) is 12.8 Å². The number of carbonyl (C=O) groups excluding carboxylic acids is 2. The number of aromatic nitrogens is 1. The molecule has 0 aliphatic carbocycles. The van der Waals surface area contributed by atoms with Crippen molar-refractivity contribution < 1.29 is 19.1 Å². The number of nitrogens with zero attached hydrogens (tertiary/aromatic N) is 1. The first-order chi connectivity index (χ1) is 11.6. The molecular formula is C18H16N2O4. The minimum atomic E-state index is -0.694. The first kappa shape index (κ1) is 15.6. The van der Waals surface area contributed by atoms with E-state index >= 15 is 0 Å². The van der Waals surface area contributed by atoms with Crippen molar-refractivity contribution in [3.05, 3.63) is 65.9 Å². The maximum absolute atomic E-state index is 12.6. The fourth-order valence-electron chi connectivity index (χ4n) is 2.54. The van der Waals surface area contributed by atoms with E-state index < -0.39 is 12.1 Å². The highest BCUT2D eigenvalue weighted by Gasteiger charge is 2.26. The van der Waals surface area contributed by atoms with E-state index in [0.717, 1.165) is 10.1 Å². The maximum Gasteiger partial charge on any atom is 0.419 e. The summed E-state index contributed by atoms with van der Waals surface area (Å²) >= 11 is 0. The van der Waals surface area contributed by atoms with Gasteiger partial charge in [-0.05, 0) is 11.6 Å². The van der Waals surface area contributed by atoms with E-state index in [4.69, 9.17) is 15.2 Å². The summed E-state index contributed by atoms with van der Waals surface area (Å²) in [6.45, 7) is 0.0900. The molecule has 0 atom stereocenters. The van der Waals surface area contributed by atoms with E-state index in [0.29, 0.717) is 10.9 Å². The molecule has 0 aliphatic heterocycles. The van der Waals surface area contributed by atoms with Crippen LogP contribution in [0.15, 0.2) is 54.6 Å². The van der Waals surface area contributed by atoms with Gasteiger partial charge in [0.2, 0.25) is 0 Å². The molecule has 3 rings (SSSR count). The summed E-state index contributed by atoms with van der Waals surface area (Å²) in [5.41, 5.74) is 7.53. The number of esters is 1. The predicted molar refractivity (Wildman–Crippen MR) is 89.7 cm³/mol. The Hall–Kier alpha value is -3.28. The maximum atomic E-state index is 12.6. The van der Waals surface area contributed by atoms with Crippen LogP contribution in [0.1, 0.15) is 16.1 Å². The Balaban J connectivity index is 2.01. The Bertz CT molecular complexity index is 900. The van der Waals surface area contributed by atoms with Crippen molar-refractivity contribution in [2.45, 2.75) is 6.61 Å². The lowest BCUT2D eigenvalue weighted by molar-refractivity contribution is 0.0587. The van der Waals surface area contributed by atoms with Gasteiger partial charge in [0.15, 0.2) is 5.69 Å². The van der Waals surface area contributed by atoms with Gasteiger partial charge in [0.1, 0.15) is 6.61 Å². The molecule has 0 amide bonds. The van der Waals surface area contributed by atoms with Gasteiger partial charge in [0.05, 0.1) is 18.3 Å². The van der Waals surface area contributed by atoms with Gasteiger partial charge in [0, 0.05) is 5.39 Å². The van der Waals surface area contributed by atoms with Crippen LogP contribution in [-0.2, 0) is 16.1 Å². The van der Waals surface area contributed by atoms with Crippen LogP contribution in [0.5, 0.6) is 0 Å². The van der Waals surface area contributed by atoms with E-state index in [-0.39, 0.29) is 18.0 Å². The van der Waals surface area contributed by atoms with E-state index in [2.05, 4.69) is 0 Å². The minimum absolute atomic E-state index is 0.0308. The fraction of sp³-hybridized carbons (Fsp3) is 0.111. The van der Waals surface area contributed by atoms with E-state index in [1.54, 1.807) is 24.3 Å². The molecule has 0 unspecified atom stereocenters. The van der Waals surface area contributed by atoms with E-state index in [1.807, 2.05) is 30.3 Å². The number of ether oxygens (including phenoxy) is 2. The normalized spacial score (nSPS) is 10.5. The number of para-hydroxylation sites is 1. The number of carbonyl (C=O) groups is 2. The molecule has 24 heavy (non-hydrogen) atoms. The van der Waals surface area contributed by atoms with Gasteiger partial charge in [-0.15, -0.1) is 0 Å². The molecule has 0 aliphatic rings. The summed E-state index contributed by atoms with van der Waals surface area (Å²) in [6, 6.07) is 16.2. The molecule has 0 spiro atoms. The Morgan fingerprint density at radius 3 is 2.42 bits per heavy atom. The molecule has 0 fully saturated rings. The first-order valence-electron chi connectivity index (χ1n) is 7.31. The summed E-state index contributed by atoms with van der Waals surface area (Å²) in [7, 11) is 1.24. The SMILES string of the molecule is COC(=O)c1c(N)c2ccccc2n1C(=O)OCc1ccccc1. The Labute approximate surface area is 138 Å². The molecule has 122 valence electrons. The van der Waals surface area contributed by atoms with Gasteiger partial charge in [0.25, 0.3) is 0 Å². The van der Waals surface area contributed by atoms with Crippen molar-refractivity contribution in [3.8, 4) is 0 Å². The first-order valence-corrected chi connectivity index (χ1v) is 7.31. The van der Waals surface area contributed by atoms with Crippen molar-refractivity contribution >= 4 is 28.7 Å². The fourth-order valence-corrected chi connectivity index (χ4v) is 2.54. The number of benzene rings is 2. The molecule has 2 N–H and O–H groups in total. The zero-order chi connectivity index (χ0) is 17.1. The molecular weight excluding hydrogens is 308 g/mol. The second-order valence-corrected chi connectivity index (χ2v) is 5.15. The number of rotatable bonds is 3. The summed E-state index contributed by atoms with van der Waals surface area (Å²) < 4.78 is 11.2. The van der Waals surface area contributed by atoms with Crippen molar-refractivity contribution in [1.29, 1.82) is 0 Å². The second-order valence-electron chi connectivity index (χ2n) is 5.15. The lowest BCUT2D eigenvalue weighted by atomic mass is 10.2. The van der Waals surface area contributed by atoms with Gasteiger partial charge in [-0.2, -0.15) is 0 Å². The number of nitrogens with two attached hydrogens (primary N) is 1. The molecule has 6 nitrogen and oxygen atoms in total. The lowest BCUT2D eigenvalue weighted by Gasteiger charge is -2.09. The highest BCUT2D eigenvalue weighted by atomic mass is 16.6. The predicted octanol–water partition coefficient (Wildman–Crippen LogP) is 3.20. The van der Waals surface area contributed by atoms with Crippen LogP contribution < -0.4 is 5.73 Å². The van der Waals surface area contributed by atoms with Crippen LogP contribution in [0, 0.1) is 0 Å². The zero-order valence-electron chi connectivity index (χ0n) is 13.1. The molecule has 0 saturated carbocycles. The Morgan fingerprint density at radius 1 is 1.04 bits per heavy atom. The standard InChI is InChI=1S/C18H16N2O4/c1-23-17(21)16-15(19)13-9-5-6-10-14(13)20(16)18(22)24-11-12-7-3-2-4-8-12/h2-10H,11,19H2,1H3. The van der Waals surface area contributed by atoms with Crippen LogP contribution in [0.4, 0.5) is 10.5 Å². The molecule has 0 bridgehead atoms. The summed E-state index contributed by atoms with van der Waals surface area (Å²) in [6.07, 6.45) is -0.688. The average molecular weight is 324 g/mol.